The SMILES string of the molecule is CNC(Cc1cc(Br)cs1)c1ccc(C)cc1Cl. The Kier molecular flexibility index (Phi) is 4.84. The molecule has 1 aromatic carbocycles. The van der Waals surface area contributed by atoms with Gasteiger partial charge in [0.15, 0.2) is 0 Å². The van der Waals surface area contributed by atoms with E-state index in [1.54, 1.807) is 11.3 Å². The minimum absolute atomic E-state index is 0.253. The van der Waals surface area contributed by atoms with E-state index < -0.39 is 0 Å². The Morgan fingerprint density at radius 2 is 2.17 bits per heavy atom. The van der Waals surface area contributed by atoms with Gasteiger partial charge in [-0.25, -0.2) is 0 Å². The normalized spacial score (nSPS) is 12.7. The Balaban J connectivity index is 2.22. The number of hydrogen-bond donors (Lipinski definition) is 1. The Labute approximate surface area is 125 Å². The molecule has 0 aliphatic heterocycles. The molecule has 1 atom stereocenters. The summed E-state index contributed by atoms with van der Waals surface area (Å²) in [7, 11) is 1.98. The average molecular weight is 345 g/mol. The minimum atomic E-state index is 0.253. The summed E-state index contributed by atoms with van der Waals surface area (Å²) >= 11 is 11.6. The van der Waals surface area contributed by atoms with E-state index in [-0.39, 0.29) is 6.04 Å². The van der Waals surface area contributed by atoms with Crippen molar-refractivity contribution in [3.63, 3.8) is 0 Å². The predicted molar refractivity (Wildman–Crippen MR) is 83.7 cm³/mol. The molecule has 96 valence electrons. The highest BCUT2D eigenvalue weighted by atomic mass is 79.9. The van der Waals surface area contributed by atoms with Crippen molar-refractivity contribution >= 4 is 38.9 Å². The number of nitrogens with one attached hydrogen (secondary N) is 1. The van der Waals surface area contributed by atoms with Crippen LogP contribution in [-0.4, -0.2) is 7.05 Å². The molecule has 0 aliphatic carbocycles. The van der Waals surface area contributed by atoms with Crippen LogP contribution in [-0.2, 0) is 6.42 Å². The lowest BCUT2D eigenvalue weighted by Crippen LogP contribution is -2.18. The molecule has 4 heteroatoms. The number of thiophene rings is 1. The van der Waals surface area contributed by atoms with Crippen molar-refractivity contribution in [1.82, 2.24) is 5.32 Å². The van der Waals surface area contributed by atoms with Gasteiger partial charge < -0.3 is 5.32 Å². The monoisotopic (exact) mass is 343 g/mol. The molecule has 2 aromatic rings. The highest BCUT2D eigenvalue weighted by molar-refractivity contribution is 9.10. The fourth-order valence-corrected chi connectivity index (χ4v) is 3.81. The molecule has 0 bridgehead atoms. The Morgan fingerprint density at radius 1 is 1.39 bits per heavy atom. The van der Waals surface area contributed by atoms with Crippen LogP contribution in [0.3, 0.4) is 0 Å². The molecule has 0 fully saturated rings. The molecule has 18 heavy (non-hydrogen) atoms. The van der Waals surface area contributed by atoms with Crippen molar-refractivity contribution in [2.75, 3.05) is 7.05 Å². The molecule has 0 saturated heterocycles. The average Bonchev–Trinajstić information content (AvgIpc) is 2.72. The van der Waals surface area contributed by atoms with Gasteiger partial charge in [-0.1, -0.05) is 23.7 Å². The first kappa shape index (κ1) is 14.1. The summed E-state index contributed by atoms with van der Waals surface area (Å²) in [5.74, 6) is 0. The van der Waals surface area contributed by atoms with Crippen molar-refractivity contribution in [3.05, 3.63) is 55.1 Å². The van der Waals surface area contributed by atoms with Gasteiger partial charge in [-0.2, -0.15) is 0 Å². The van der Waals surface area contributed by atoms with Crippen LogP contribution in [0.5, 0.6) is 0 Å². The minimum Gasteiger partial charge on any atom is -0.313 e. The fourth-order valence-electron chi connectivity index (χ4n) is 1.94. The quantitative estimate of drug-likeness (QED) is 0.825. The van der Waals surface area contributed by atoms with Gasteiger partial charge in [-0.05, 0) is 53.2 Å². The van der Waals surface area contributed by atoms with E-state index in [1.807, 2.05) is 13.1 Å². The zero-order chi connectivity index (χ0) is 13.1. The van der Waals surface area contributed by atoms with Gasteiger partial charge in [0.1, 0.15) is 0 Å². The maximum atomic E-state index is 6.33. The van der Waals surface area contributed by atoms with Crippen LogP contribution in [0.15, 0.2) is 34.1 Å². The van der Waals surface area contributed by atoms with Crippen molar-refractivity contribution in [3.8, 4) is 0 Å². The number of aryl methyl sites for hydroxylation is 1. The number of benzene rings is 1. The van der Waals surface area contributed by atoms with Crippen LogP contribution in [0.2, 0.25) is 5.02 Å². The summed E-state index contributed by atoms with van der Waals surface area (Å²) in [6, 6.07) is 8.66. The van der Waals surface area contributed by atoms with E-state index in [0.29, 0.717) is 0 Å². The lowest BCUT2D eigenvalue weighted by Gasteiger charge is -2.17. The third-order valence-electron chi connectivity index (χ3n) is 2.91. The molecule has 1 heterocycles. The Hall–Kier alpha value is -0.350. The molecule has 0 amide bonds. The maximum Gasteiger partial charge on any atom is 0.0456 e. The Morgan fingerprint density at radius 3 is 2.72 bits per heavy atom. The second-order valence-corrected chi connectivity index (χ2v) is 6.62. The molecule has 1 N–H and O–H groups in total. The van der Waals surface area contributed by atoms with Crippen LogP contribution in [0, 0.1) is 6.92 Å². The highest BCUT2D eigenvalue weighted by Gasteiger charge is 2.14. The van der Waals surface area contributed by atoms with Crippen molar-refractivity contribution in [2.45, 2.75) is 19.4 Å². The topological polar surface area (TPSA) is 12.0 Å². The van der Waals surface area contributed by atoms with Gasteiger partial charge in [0, 0.05) is 32.2 Å². The molecule has 0 aliphatic rings. The van der Waals surface area contributed by atoms with Gasteiger partial charge in [-0.3, -0.25) is 0 Å². The first-order chi connectivity index (χ1) is 8.60. The summed E-state index contributed by atoms with van der Waals surface area (Å²) < 4.78 is 1.15. The van der Waals surface area contributed by atoms with Gasteiger partial charge in [0.05, 0.1) is 0 Å². The summed E-state index contributed by atoms with van der Waals surface area (Å²) in [6.07, 6.45) is 0.954. The zero-order valence-electron chi connectivity index (χ0n) is 10.3. The summed E-state index contributed by atoms with van der Waals surface area (Å²) in [5.41, 5.74) is 2.35. The van der Waals surface area contributed by atoms with Crippen LogP contribution >= 0.6 is 38.9 Å². The van der Waals surface area contributed by atoms with Crippen molar-refractivity contribution < 1.29 is 0 Å². The van der Waals surface area contributed by atoms with E-state index in [4.69, 9.17) is 11.6 Å². The molecule has 1 unspecified atom stereocenters. The fraction of sp³-hybridized carbons (Fsp3) is 0.286. The maximum absolute atomic E-state index is 6.33. The molecule has 1 aromatic heterocycles. The summed E-state index contributed by atoms with van der Waals surface area (Å²) in [6.45, 7) is 2.06. The number of hydrogen-bond acceptors (Lipinski definition) is 2. The summed E-state index contributed by atoms with van der Waals surface area (Å²) in [4.78, 5) is 1.35. The third-order valence-corrected chi connectivity index (χ3v) is 4.95. The first-order valence-electron chi connectivity index (χ1n) is 5.76. The summed E-state index contributed by atoms with van der Waals surface area (Å²) in [5, 5.41) is 6.29. The van der Waals surface area contributed by atoms with Gasteiger partial charge >= 0.3 is 0 Å². The number of halogens is 2. The molecule has 0 spiro atoms. The van der Waals surface area contributed by atoms with Crippen molar-refractivity contribution in [2.24, 2.45) is 0 Å². The largest absolute Gasteiger partial charge is 0.313 e. The number of likely N-dealkylation sites (N-methyl/N-ethyl adjacent to an activating group) is 1. The Bertz CT molecular complexity index is 538. The molecule has 0 saturated carbocycles. The van der Waals surface area contributed by atoms with Crippen LogP contribution < -0.4 is 5.32 Å². The number of rotatable bonds is 4. The molecular formula is C14H15BrClNS. The van der Waals surface area contributed by atoms with Gasteiger partial charge in [0.25, 0.3) is 0 Å². The highest BCUT2D eigenvalue weighted by Crippen LogP contribution is 2.29. The van der Waals surface area contributed by atoms with E-state index in [2.05, 4.69) is 51.7 Å². The standard InChI is InChI=1S/C14H15BrClNS/c1-9-3-4-12(13(16)5-9)14(17-2)7-11-6-10(15)8-18-11/h3-6,8,14,17H,7H2,1-2H3. The lowest BCUT2D eigenvalue weighted by molar-refractivity contribution is 0.596. The van der Waals surface area contributed by atoms with Gasteiger partial charge in [0.2, 0.25) is 0 Å². The van der Waals surface area contributed by atoms with Crippen LogP contribution in [0.1, 0.15) is 22.0 Å². The van der Waals surface area contributed by atoms with E-state index in [9.17, 15) is 0 Å². The smallest absolute Gasteiger partial charge is 0.0456 e. The molecule has 0 radical (unpaired) electrons. The van der Waals surface area contributed by atoms with Crippen LogP contribution in [0.25, 0.3) is 0 Å². The van der Waals surface area contributed by atoms with E-state index >= 15 is 0 Å². The second kappa shape index (κ2) is 6.20. The second-order valence-electron chi connectivity index (χ2n) is 4.30. The van der Waals surface area contributed by atoms with E-state index in [0.717, 1.165) is 21.5 Å². The first-order valence-corrected chi connectivity index (χ1v) is 7.81. The van der Waals surface area contributed by atoms with Crippen LogP contribution in [0.4, 0.5) is 0 Å². The lowest BCUT2D eigenvalue weighted by atomic mass is 10.0. The van der Waals surface area contributed by atoms with Gasteiger partial charge in [-0.15, -0.1) is 11.3 Å². The molecular weight excluding hydrogens is 330 g/mol. The molecule has 1 nitrogen and oxygen atoms in total. The predicted octanol–water partition coefficient (Wildman–Crippen LogP) is 4.98. The van der Waals surface area contributed by atoms with E-state index in [1.165, 1.54) is 10.4 Å². The molecule has 2 rings (SSSR count). The third kappa shape index (κ3) is 3.35. The van der Waals surface area contributed by atoms with Crippen molar-refractivity contribution in [1.29, 1.82) is 0 Å². The zero-order valence-corrected chi connectivity index (χ0v) is 13.5.